The quantitative estimate of drug-likeness (QED) is 0.588. The normalized spacial score (nSPS) is 24.2. The maximum Gasteiger partial charge on any atom is 0.258 e. The highest BCUT2D eigenvalue weighted by Crippen LogP contribution is 2.49. The highest BCUT2D eigenvalue weighted by Gasteiger charge is 2.55. The Morgan fingerprint density at radius 1 is 1.27 bits per heavy atom. The van der Waals surface area contributed by atoms with Crippen LogP contribution in [0.1, 0.15) is 29.8 Å². The number of aromatic nitrogens is 2. The van der Waals surface area contributed by atoms with Crippen LogP contribution in [0, 0.1) is 11.8 Å². The van der Waals surface area contributed by atoms with Gasteiger partial charge in [0, 0.05) is 54.5 Å². The number of hydrogen-bond acceptors (Lipinski definition) is 6. The van der Waals surface area contributed by atoms with E-state index in [2.05, 4.69) is 27.3 Å². The smallest absolute Gasteiger partial charge is 0.258 e. The Hall–Kier alpha value is -3.07. The summed E-state index contributed by atoms with van der Waals surface area (Å²) < 4.78 is 1.80. The van der Waals surface area contributed by atoms with E-state index in [1.165, 1.54) is 11.3 Å². The number of aliphatic hydroxyl groups is 1. The van der Waals surface area contributed by atoms with E-state index in [1.54, 1.807) is 10.8 Å². The number of carbonyl (C=O) groups excluding carboxylic acids is 1. The molecule has 0 aliphatic carbocycles. The van der Waals surface area contributed by atoms with Gasteiger partial charge in [0.15, 0.2) is 5.13 Å². The Labute approximate surface area is 196 Å². The summed E-state index contributed by atoms with van der Waals surface area (Å²) in [5.41, 5.74) is 2.52. The summed E-state index contributed by atoms with van der Waals surface area (Å²) in [6.07, 6.45) is 5.31. The molecule has 0 unspecified atom stereocenters. The number of thiazole rings is 1. The summed E-state index contributed by atoms with van der Waals surface area (Å²) in [4.78, 5) is 33.2. The van der Waals surface area contributed by atoms with Crippen molar-refractivity contribution in [3.63, 3.8) is 0 Å². The van der Waals surface area contributed by atoms with E-state index in [-0.39, 0.29) is 36.1 Å². The lowest BCUT2D eigenvalue weighted by Gasteiger charge is -2.38. The molecule has 0 saturated carbocycles. The number of hydrogen-bond donors (Lipinski definition) is 2. The summed E-state index contributed by atoms with van der Waals surface area (Å²) >= 11 is 1.36. The first-order valence-corrected chi connectivity index (χ1v) is 12.0. The number of nitrogens with one attached hydrogen (secondary N) is 1. The molecule has 1 amide bonds. The molecule has 2 N–H and O–H groups in total. The fourth-order valence-electron chi connectivity index (χ4n) is 5.33. The third-order valence-electron chi connectivity index (χ3n) is 6.72. The van der Waals surface area contributed by atoms with Crippen LogP contribution in [0.2, 0.25) is 0 Å². The number of pyridine rings is 1. The second kappa shape index (κ2) is 9.05. The van der Waals surface area contributed by atoms with Crippen LogP contribution in [-0.4, -0.2) is 38.1 Å². The zero-order chi connectivity index (χ0) is 22.9. The number of fused-ring (bicyclic) bond motifs is 4. The largest absolute Gasteiger partial charge is 0.396 e. The van der Waals surface area contributed by atoms with Crippen molar-refractivity contribution in [2.75, 3.05) is 11.9 Å². The summed E-state index contributed by atoms with van der Waals surface area (Å²) in [6.45, 7) is 2.83. The van der Waals surface area contributed by atoms with E-state index in [1.807, 2.05) is 54.8 Å². The van der Waals surface area contributed by atoms with E-state index in [9.17, 15) is 14.7 Å². The minimum Gasteiger partial charge on any atom is -0.396 e. The second-order valence-corrected chi connectivity index (χ2v) is 9.39. The lowest BCUT2D eigenvalue weighted by molar-refractivity contribution is -0.122. The lowest BCUT2D eigenvalue weighted by Crippen LogP contribution is -2.46. The molecule has 1 aromatic carbocycles. The molecule has 3 aromatic rings. The zero-order valence-corrected chi connectivity index (χ0v) is 19.1. The molecule has 1 saturated heterocycles. The van der Waals surface area contributed by atoms with Gasteiger partial charge in [-0.25, -0.2) is 4.98 Å². The van der Waals surface area contributed by atoms with Gasteiger partial charge in [-0.15, -0.1) is 11.3 Å². The number of amides is 1. The number of rotatable bonds is 6. The Morgan fingerprint density at radius 2 is 2.09 bits per heavy atom. The molecular formula is C25H26N4O3S. The van der Waals surface area contributed by atoms with E-state index in [0.717, 1.165) is 11.3 Å². The highest BCUT2D eigenvalue weighted by molar-refractivity contribution is 7.13. The topological polar surface area (TPSA) is 87.5 Å². The SMILES string of the molecule is C/C=C/c1ccc2n(c1=O)C[C@H]1[C@H](CO)[C@@H](C(=O)Nc3nccs3)[C@@H]2N1Cc1ccccc1. The van der Waals surface area contributed by atoms with Gasteiger partial charge in [0.1, 0.15) is 0 Å². The van der Waals surface area contributed by atoms with Crippen molar-refractivity contribution in [2.24, 2.45) is 11.8 Å². The molecule has 2 bridgehead atoms. The van der Waals surface area contributed by atoms with Gasteiger partial charge in [0.25, 0.3) is 5.56 Å². The molecule has 7 nitrogen and oxygen atoms in total. The Bertz CT molecular complexity index is 1220. The van der Waals surface area contributed by atoms with Crippen LogP contribution in [0.25, 0.3) is 6.08 Å². The lowest BCUT2D eigenvalue weighted by atomic mass is 9.86. The van der Waals surface area contributed by atoms with Crippen LogP contribution in [-0.2, 0) is 17.9 Å². The van der Waals surface area contributed by atoms with Crippen LogP contribution in [0.5, 0.6) is 0 Å². The second-order valence-electron chi connectivity index (χ2n) is 8.50. The fourth-order valence-corrected chi connectivity index (χ4v) is 5.86. The Kier molecular flexibility index (Phi) is 5.97. The average Bonchev–Trinajstić information content (AvgIpc) is 3.40. The van der Waals surface area contributed by atoms with Crippen molar-refractivity contribution in [1.82, 2.24) is 14.5 Å². The molecule has 8 heteroatoms. The van der Waals surface area contributed by atoms with E-state index in [0.29, 0.717) is 23.8 Å². The van der Waals surface area contributed by atoms with Crippen LogP contribution in [0.15, 0.2) is 64.9 Å². The van der Waals surface area contributed by atoms with Gasteiger partial charge in [0.05, 0.1) is 12.0 Å². The monoisotopic (exact) mass is 462 g/mol. The van der Waals surface area contributed by atoms with Crippen molar-refractivity contribution >= 4 is 28.5 Å². The number of aliphatic hydroxyl groups excluding tert-OH is 1. The van der Waals surface area contributed by atoms with Gasteiger partial charge in [-0.1, -0.05) is 42.5 Å². The van der Waals surface area contributed by atoms with E-state index >= 15 is 0 Å². The van der Waals surface area contributed by atoms with Crippen LogP contribution in [0.4, 0.5) is 5.13 Å². The number of allylic oxidation sites excluding steroid dienone is 1. The molecule has 0 spiro atoms. The van der Waals surface area contributed by atoms with Gasteiger partial charge in [-0.05, 0) is 24.6 Å². The molecule has 5 rings (SSSR count). The number of anilines is 1. The molecule has 2 aliphatic heterocycles. The highest BCUT2D eigenvalue weighted by atomic mass is 32.1. The van der Waals surface area contributed by atoms with Gasteiger partial charge in [-0.2, -0.15) is 0 Å². The molecule has 33 heavy (non-hydrogen) atoms. The fraction of sp³-hybridized carbons (Fsp3) is 0.320. The average molecular weight is 463 g/mol. The predicted octanol–water partition coefficient (Wildman–Crippen LogP) is 3.14. The van der Waals surface area contributed by atoms with Gasteiger partial charge < -0.3 is 15.0 Å². The maximum absolute atomic E-state index is 13.5. The van der Waals surface area contributed by atoms with Gasteiger partial charge in [0.2, 0.25) is 5.91 Å². The standard InChI is InChI=1S/C25H26N4O3S/c1-2-6-17-9-10-19-22-21(23(31)27-25-26-11-12-33-25)18(15-30)20(14-29(19)24(17)32)28(22)13-16-7-4-3-5-8-16/h2-12,18,20-22,30H,13-15H2,1H3,(H,26,27,31)/b6-2+/t18-,20-,21+,22+/m0/s1. The number of benzene rings is 1. The summed E-state index contributed by atoms with van der Waals surface area (Å²) in [5, 5.41) is 15.7. The number of carbonyl (C=O) groups is 1. The van der Waals surface area contributed by atoms with Crippen LogP contribution in [0.3, 0.4) is 0 Å². The first kappa shape index (κ1) is 21.8. The van der Waals surface area contributed by atoms with Crippen molar-refractivity contribution in [3.8, 4) is 0 Å². The molecule has 4 heterocycles. The molecule has 0 radical (unpaired) electrons. The van der Waals surface area contributed by atoms with Gasteiger partial charge in [-0.3, -0.25) is 14.5 Å². The Morgan fingerprint density at radius 3 is 2.79 bits per heavy atom. The van der Waals surface area contributed by atoms with E-state index in [4.69, 9.17) is 0 Å². The molecule has 2 aliphatic rings. The van der Waals surface area contributed by atoms with E-state index < -0.39 is 5.92 Å². The first-order valence-electron chi connectivity index (χ1n) is 11.1. The first-order chi connectivity index (χ1) is 16.1. The predicted molar refractivity (Wildman–Crippen MR) is 129 cm³/mol. The summed E-state index contributed by atoms with van der Waals surface area (Å²) in [7, 11) is 0. The van der Waals surface area contributed by atoms with Crippen molar-refractivity contribution in [2.45, 2.75) is 32.1 Å². The summed E-state index contributed by atoms with van der Waals surface area (Å²) in [5.74, 6) is -0.982. The van der Waals surface area contributed by atoms with Crippen LogP contribution >= 0.6 is 11.3 Å². The zero-order valence-electron chi connectivity index (χ0n) is 18.3. The van der Waals surface area contributed by atoms with Gasteiger partial charge >= 0.3 is 0 Å². The summed E-state index contributed by atoms with van der Waals surface area (Å²) in [6, 6.07) is 13.4. The molecule has 4 atom stereocenters. The Balaban J connectivity index is 1.60. The minimum absolute atomic E-state index is 0.0577. The molecule has 2 aromatic heterocycles. The number of nitrogens with zero attached hydrogens (tertiary/aromatic N) is 3. The molecule has 170 valence electrons. The minimum atomic E-state index is -0.506. The van der Waals surface area contributed by atoms with Crippen molar-refractivity contribution < 1.29 is 9.90 Å². The molecular weight excluding hydrogens is 436 g/mol. The third-order valence-corrected chi connectivity index (χ3v) is 7.41. The maximum atomic E-state index is 13.5. The molecule has 1 fully saturated rings. The van der Waals surface area contributed by atoms with Crippen molar-refractivity contribution in [1.29, 1.82) is 0 Å². The third kappa shape index (κ3) is 3.84. The van der Waals surface area contributed by atoms with Crippen LogP contribution < -0.4 is 10.9 Å². The van der Waals surface area contributed by atoms with Crippen molar-refractivity contribution in [3.05, 3.63) is 87.3 Å².